The highest BCUT2D eigenvalue weighted by molar-refractivity contribution is 6.25. The monoisotopic (exact) mass is 618 g/mol. The molecule has 0 fully saturated rings. The van der Waals surface area contributed by atoms with E-state index < -0.39 is 0 Å². The lowest BCUT2D eigenvalue weighted by molar-refractivity contribution is 0.632. The van der Waals surface area contributed by atoms with Crippen molar-refractivity contribution in [3.05, 3.63) is 168 Å². The molecule has 0 amide bonds. The Hall–Kier alpha value is -5.60. The molecule has 7 aromatic carbocycles. The first-order valence-electron chi connectivity index (χ1n) is 17.1. The third kappa shape index (κ3) is 4.19. The minimum atomic E-state index is -0.143. The van der Waals surface area contributed by atoms with Crippen molar-refractivity contribution in [2.75, 3.05) is 4.90 Å². The fourth-order valence-corrected chi connectivity index (χ4v) is 8.10. The minimum Gasteiger partial charge on any atom is -0.310 e. The van der Waals surface area contributed by atoms with Crippen molar-refractivity contribution in [3.8, 4) is 16.8 Å². The van der Waals surface area contributed by atoms with Crippen LogP contribution in [0.3, 0.4) is 0 Å². The highest BCUT2D eigenvalue weighted by Crippen LogP contribution is 2.53. The molecule has 0 unspecified atom stereocenters. The SMILES string of the molecule is CC(C)c1ccc(-n2c3cccc(-c4ccc5c(c4)N(c4ccccc4)c4ccccc4C5(C)C)c3c3c4ccccc4ccc32)cc1. The van der Waals surface area contributed by atoms with Gasteiger partial charge in [-0.1, -0.05) is 131 Å². The first kappa shape index (κ1) is 28.6. The summed E-state index contributed by atoms with van der Waals surface area (Å²) in [6.07, 6.45) is 0. The molecule has 2 heteroatoms. The number of anilines is 3. The van der Waals surface area contributed by atoms with Gasteiger partial charge in [0, 0.05) is 27.6 Å². The number of fused-ring (bicyclic) bond motifs is 7. The van der Waals surface area contributed by atoms with Crippen LogP contribution in [0, 0.1) is 0 Å². The van der Waals surface area contributed by atoms with Crippen molar-refractivity contribution in [1.82, 2.24) is 4.57 Å². The molecule has 0 spiro atoms. The second kappa shape index (κ2) is 10.7. The van der Waals surface area contributed by atoms with Crippen LogP contribution < -0.4 is 4.90 Å². The lowest BCUT2D eigenvalue weighted by atomic mass is 9.73. The quantitative estimate of drug-likeness (QED) is 0.190. The second-order valence-corrected chi connectivity index (χ2v) is 14.0. The van der Waals surface area contributed by atoms with Crippen LogP contribution in [0.1, 0.15) is 50.3 Å². The van der Waals surface area contributed by atoms with Crippen LogP contribution in [0.4, 0.5) is 17.1 Å². The van der Waals surface area contributed by atoms with Crippen molar-refractivity contribution in [1.29, 1.82) is 0 Å². The zero-order valence-electron chi connectivity index (χ0n) is 27.9. The first-order chi connectivity index (χ1) is 23.4. The van der Waals surface area contributed by atoms with Gasteiger partial charge in [-0.25, -0.2) is 0 Å². The summed E-state index contributed by atoms with van der Waals surface area (Å²) in [5.74, 6) is 0.490. The molecular weight excluding hydrogens is 581 g/mol. The summed E-state index contributed by atoms with van der Waals surface area (Å²) in [6, 6.07) is 56.2. The average Bonchev–Trinajstić information content (AvgIpc) is 3.47. The van der Waals surface area contributed by atoms with Gasteiger partial charge in [0.05, 0.1) is 22.4 Å². The van der Waals surface area contributed by atoms with E-state index in [-0.39, 0.29) is 5.41 Å². The topological polar surface area (TPSA) is 8.17 Å². The maximum atomic E-state index is 2.46. The predicted molar refractivity (Wildman–Crippen MR) is 205 cm³/mol. The highest BCUT2D eigenvalue weighted by atomic mass is 15.2. The van der Waals surface area contributed by atoms with E-state index in [0.717, 1.165) is 0 Å². The normalized spacial score (nSPS) is 13.7. The molecule has 48 heavy (non-hydrogen) atoms. The number of rotatable bonds is 4. The summed E-state index contributed by atoms with van der Waals surface area (Å²) in [5, 5.41) is 5.13. The molecule has 1 aliphatic rings. The van der Waals surface area contributed by atoms with Gasteiger partial charge in [0.1, 0.15) is 0 Å². The number of benzene rings is 7. The molecule has 232 valence electrons. The van der Waals surface area contributed by atoms with E-state index in [4.69, 9.17) is 0 Å². The third-order valence-corrected chi connectivity index (χ3v) is 10.6. The van der Waals surface area contributed by atoms with Crippen molar-refractivity contribution >= 4 is 49.6 Å². The van der Waals surface area contributed by atoms with E-state index in [9.17, 15) is 0 Å². The largest absolute Gasteiger partial charge is 0.310 e. The second-order valence-electron chi connectivity index (χ2n) is 14.0. The van der Waals surface area contributed by atoms with Crippen LogP contribution in [-0.2, 0) is 5.41 Å². The van der Waals surface area contributed by atoms with Gasteiger partial charge in [-0.15, -0.1) is 0 Å². The Morgan fingerprint density at radius 1 is 0.521 bits per heavy atom. The predicted octanol–water partition coefficient (Wildman–Crippen LogP) is 12.8. The molecule has 0 bridgehead atoms. The fourth-order valence-electron chi connectivity index (χ4n) is 8.10. The van der Waals surface area contributed by atoms with Crippen molar-refractivity contribution in [2.45, 2.75) is 39.0 Å². The molecule has 0 N–H and O–H groups in total. The summed E-state index contributed by atoms with van der Waals surface area (Å²) in [4.78, 5) is 2.45. The smallest absolute Gasteiger partial charge is 0.0547 e. The summed E-state index contributed by atoms with van der Waals surface area (Å²) in [5.41, 5.74) is 13.6. The number of hydrogen-bond acceptors (Lipinski definition) is 1. The molecule has 9 rings (SSSR count). The Labute approximate surface area is 282 Å². The maximum absolute atomic E-state index is 2.46. The summed E-state index contributed by atoms with van der Waals surface area (Å²) in [7, 11) is 0. The lowest BCUT2D eigenvalue weighted by Gasteiger charge is -2.42. The van der Waals surface area contributed by atoms with E-state index in [0.29, 0.717) is 5.92 Å². The highest BCUT2D eigenvalue weighted by Gasteiger charge is 2.37. The Morgan fingerprint density at radius 3 is 2.04 bits per heavy atom. The Morgan fingerprint density at radius 2 is 1.23 bits per heavy atom. The molecule has 1 aromatic heterocycles. The first-order valence-corrected chi connectivity index (χ1v) is 17.1. The zero-order valence-corrected chi connectivity index (χ0v) is 27.9. The van der Waals surface area contributed by atoms with Gasteiger partial charge < -0.3 is 9.47 Å². The van der Waals surface area contributed by atoms with Crippen LogP contribution in [0.15, 0.2) is 152 Å². The zero-order chi connectivity index (χ0) is 32.6. The van der Waals surface area contributed by atoms with Crippen molar-refractivity contribution < 1.29 is 0 Å². The van der Waals surface area contributed by atoms with Crippen LogP contribution >= 0.6 is 0 Å². The van der Waals surface area contributed by atoms with E-state index in [1.165, 1.54) is 83.1 Å². The van der Waals surface area contributed by atoms with Crippen LogP contribution in [0.25, 0.3) is 49.4 Å². The minimum absolute atomic E-state index is 0.143. The van der Waals surface area contributed by atoms with Gasteiger partial charge in [0.2, 0.25) is 0 Å². The molecule has 0 radical (unpaired) electrons. The molecule has 0 saturated carbocycles. The van der Waals surface area contributed by atoms with E-state index in [1.807, 2.05) is 0 Å². The fraction of sp³-hybridized carbons (Fsp3) is 0.130. The molecule has 2 nitrogen and oxygen atoms in total. The molecule has 0 saturated heterocycles. The van der Waals surface area contributed by atoms with Crippen LogP contribution in [0.5, 0.6) is 0 Å². The third-order valence-electron chi connectivity index (χ3n) is 10.6. The van der Waals surface area contributed by atoms with Gasteiger partial charge in [0.25, 0.3) is 0 Å². The molecular formula is C46H38N2. The summed E-state index contributed by atoms with van der Waals surface area (Å²) >= 11 is 0. The van der Waals surface area contributed by atoms with E-state index in [2.05, 4.69) is 189 Å². The Bertz CT molecular complexity index is 2500. The molecule has 1 aliphatic heterocycles. The summed E-state index contributed by atoms with van der Waals surface area (Å²) < 4.78 is 2.46. The van der Waals surface area contributed by atoms with Gasteiger partial charge >= 0.3 is 0 Å². The van der Waals surface area contributed by atoms with E-state index in [1.54, 1.807) is 0 Å². The summed E-state index contributed by atoms with van der Waals surface area (Å²) in [6.45, 7) is 9.23. The Balaban J connectivity index is 1.35. The van der Waals surface area contributed by atoms with Crippen LogP contribution in [0.2, 0.25) is 0 Å². The molecule has 2 heterocycles. The van der Waals surface area contributed by atoms with Gasteiger partial charge in [-0.3, -0.25) is 0 Å². The van der Waals surface area contributed by atoms with Crippen molar-refractivity contribution in [2.24, 2.45) is 0 Å². The number of aromatic nitrogens is 1. The molecule has 0 atom stereocenters. The number of hydrogen-bond donors (Lipinski definition) is 0. The number of para-hydroxylation sites is 2. The lowest BCUT2D eigenvalue weighted by Crippen LogP contribution is -2.30. The maximum Gasteiger partial charge on any atom is 0.0547 e. The number of nitrogens with zero attached hydrogens (tertiary/aromatic N) is 2. The van der Waals surface area contributed by atoms with Crippen molar-refractivity contribution in [3.63, 3.8) is 0 Å². The van der Waals surface area contributed by atoms with Gasteiger partial charge in [-0.2, -0.15) is 0 Å². The van der Waals surface area contributed by atoms with Gasteiger partial charge in [0.15, 0.2) is 0 Å². The van der Waals surface area contributed by atoms with E-state index >= 15 is 0 Å². The standard InChI is InChI=1S/C46H38N2/c1-30(2)31-21-25-35(26-22-31)48-41-20-12-17-37(45(41)44-36-16-9-8-13-32(36)24-28-42(44)48)33-23-27-39-43(29-33)47(34-14-6-5-7-15-34)40-19-11-10-18-38(40)46(39,3)4/h5-30H,1-4H3. The van der Waals surface area contributed by atoms with Gasteiger partial charge in [-0.05, 0) is 93.0 Å². The average molecular weight is 619 g/mol. The molecule has 0 aliphatic carbocycles. The Kier molecular flexibility index (Phi) is 6.39. The molecule has 8 aromatic rings. The van der Waals surface area contributed by atoms with Crippen LogP contribution in [-0.4, -0.2) is 4.57 Å².